The normalized spacial score (nSPS) is 13.6. The summed E-state index contributed by atoms with van der Waals surface area (Å²) in [6.07, 6.45) is 0. The van der Waals surface area contributed by atoms with Crippen LogP contribution >= 0.6 is 0 Å². The van der Waals surface area contributed by atoms with E-state index >= 15 is 0 Å². The molecule has 0 heterocycles. The summed E-state index contributed by atoms with van der Waals surface area (Å²) in [5.41, 5.74) is 11.6. The predicted octanol–water partition coefficient (Wildman–Crippen LogP) is 23.7. The number of hydrogen-bond donors (Lipinski definition) is 3. The third kappa shape index (κ3) is 11.8. The van der Waals surface area contributed by atoms with Crippen molar-refractivity contribution < 1.29 is 21.9 Å². The number of fused-ring (bicyclic) bond motifs is 5. The molecule has 0 radical (unpaired) electrons. The van der Waals surface area contributed by atoms with E-state index in [1.807, 2.05) is 121 Å². The summed E-state index contributed by atoms with van der Waals surface area (Å²) in [5, 5.41) is 15.4. The van der Waals surface area contributed by atoms with Crippen LogP contribution in [-0.4, -0.2) is 0 Å². The molecule has 0 aromatic heterocycles. The van der Waals surface area contributed by atoms with Gasteiger partial charge in [0.25, 0.3) is 0 Å². The highest BCUT2D eigenvalue weighted by molar-refractivity contribution is 6.15. The van der Waals surface area contributed by atoms with Gasteiger partial charge >= 0.3 is 0 Å². The Morgan fingerprint density at radius 2 is 0.563 bits per heavy atom. The maximum atomic E-state index is 8.81. The summed E-state index contributed by atoms with van der Waals surface area (Å²) in [6.45, 7) is 0. The third-order valence-corrected chi connectivity index (χ3v) is 15.0. The van der Waals surface area contributed by atoms with Crippen molar-refractivity contribution in [1.29, 1.82) is 0 Å². The van der Waals surface area contributed by atoms with Crippen LogP contribution in [0.15, 0.2) is 351 Å². The van der Waals surface area contributed by atoms with Gasteiger partial charge in [0.15, 0.2) is 0 Å². The Morgan fingerprint density at radius 1 is 0.195 bits per heavy atom. The quantitative estimate of drug-likeness (QED) is 0.121. The zero-order chi connectivity index (χ0) is 72.1. The predicted molar refractivity (Wildman–Crippen MR) is 373 cm³/mol. The first-order chi connectivity index (χ1) is 49.8. The second-order valence-electron chi connectivity index (χ2n) is 20.5. The van der Waals surface area contributed by atoms with E-state index in [4.69, 9.17) is 21.9 Å². The number of anilines is 6. The van der Waals surface area contributed by atoms with Gasteiger partial charge in [-0.05, 0) is 171 Å². The lowest BCUT2D eigenvalue weighted by atomic mass is 9.97. The largest absolute Gasteiger partial charge is 0.356 e. The van der Waals surface area contributed by atoms with E-state index in [1.165, 1.54) is 16.3 Å². The smallest absolute Gasteiger partial charge is 0.0645 e. The highest BCUT2D eigenvalue weighted by Gasteiger charge is 2.21. The van der Waals surface area contributed by atoms with Crippen LogP contribution in [-0.2, 0) is 0 Å². The van der Waals surface area contributed by atoms with Gasteiger partial charge < -0.3 is 16.0 Å². The summed E-state index contributed by atoms with van der Waals surface area (Å²) in [6, 6.07) is 77.7. The zero-order valence-electron chi connectivity index (χ0n) is 62.7. The van der Waals surface area contributed by atoms with Crippen molar-refractivity contribution in [2.24, 2.45) is 0 Å². The third-order valence-electron chi connectivity index (χ3n) is 15.0. The average Bonchev–Trinajstić information content (AvgIpc) is 1.62. The minimum Gasteiger partial charge on any atom is -0.356 e. The number of nitrogens with one attached hydrogen (secondary N) is 3. The van der Waals surface area contributed by atoms with Gasteiger partial charge in [0.05, 0.1) is 21.9 Å². The van der Waals surface area contributed by atoms with E-state index in [-0.39, 0.29) is 131 Å². The maximum absolute atomic E-state index is 8.81. The van der Waals surface area contributed by atoms with E-state index in [0.29, 0.717) is 33.4 Å². The Kier molecular flexibility index (Phi) is 10.9. The van der Waals surface area contributed by atoms with Crippen molar-refractivity contribution in [1.82, 2.24) is 0 Å². The zero-order valence-corrected chi connectivity index (χ0v) is 46.7. The molecule has 0 aliphatic heterocycles. The van der Waals surface area contributed by atoms with Gasteiger partial charge in [-0.1, -0.05) is 285 Å². The Morgan fingerprint density at radius 3 is 1.09 bits per heavy atom. The maximum Gasteiger partial charge on any atom is 0.0645 e. The second-order valence-corrected chi connectivity index (χ2v) is 20.5. The fraction of sp³-hybridized carbons (Fsp3) is 0. The van der Waals surface area contributed by atoms with E-state index in [1.54, 1.807) is 72.8 Å². The van der Waals surface area contributed by atoms with E-state index in [9.17, 15) is 0 Å². The monoisotopic (exact) mass is 1130 g/mol. The molecule has 87 heavy (non-hydrogen) atoms. The van der Waals surface area contributed by atoms with Crippen molar-refractivity contribution in [2.75, 3.05) is 16.0 Å². The van der Waals surface area contributed by atoms with Gasteiger partial charge in [-0.25, -0.2) is 0 Å². The standard InChI is InChI=1S/C32H21N.C28H21N.C24H19N/c1-2-10-26-21(6-1)7-3-11-27(26)22-14-16-24(17-15-22)33-25-18-19-28-29-12-4-8-23-9-5-13-30(32(23)29)31(28)20-25;1-3-9-21(10-4-1)22-15-17-24(18-16-22)29-28-20-19-25(23-11-5-2-6-12-23)26-13-7-8-14-27(26)28;1-3-7-19(8-4-1)21-11-15-23(16-12-21)25-24-17-13-22(14-18-24)20-9-5-2-6-10-20/h1-20,33H;1-20,29H;1-18,25H/i14D,15D,16D,17D;15D,16D,17D,18D;11D,12D,13D,14D,15D,16D,17D,18D. The Labute approximate surface area is 531 Å². The summed E-state index contributed by atoms with van der Waals surface area (Å²) in [5.74, 6) is 0. The lowest BCUT2D eigenvalue weighted by Crippen LogP contribution is -1.93. The van der Waals surface area contributed by atoms with Crippen LogP contribution < -0.4 is 16.0 Å². The van der Waals surface area contributed by atoms with Crippen LogP contribution in [0.3, 0.4) is 0 Å². The number of hydrogen-bond acceptors (Lipinski definition) is 3. The van der Waals surface area contributed by atoms with Crippen LogP contribution in [0.25, 0.3) is 110 Å². The molecule has 0 saturated carbocycles. The SMILES string of the molecule is [2H]c1c([2H])c(-c2cccc3ccccc23)c([2H])c([2H])c1Nc1ccc2c(c1)-c1cccc3cccc-2c13.[2H]c1c([2H])c(-c2ccccc2)c([2H])c([2H])c1Nc1c([2H])c([2H])c(-c2ccccc2)c([2H])c1[2H].[2H]c1c([2H])c(-c2ccccc2)c([2H])c([2H])c1Nc1ccc(-c2ccccc2)c2ccccc12. The molecular formula is C84H61N3. The van der Waals surface area contributed by atoms with Crippen LogP contribution in [0.5, 0.6) is 0 Å². The van der Waals surface area contributed by atoms with E-state index in [2.05, 4.69) is 76.6 Å². The van der Waals surface area contributed by atoms with Gasteiger partial charge in [0, 0.05) is 39.5 Å². The molecule has 1 aliphatic rings. The van der Waals surface area contributed by atoms with Crippen LogP contribution in [0, 0.1) is 0 Å². The number of rotatable bonds is 11. The topological polar surface area (TPSA) is 36.1 Å². The Balaban J connectivity index is 0.000000131. The van der Waals surface area contributed by atoms with Gasteiger partial charge in [0.1, 0.15) is 0 Å². The minimum absolute atomic E-state index is 0.0572. The molecule has 3 heteroatoms. The highest BCUT2D eigenvalue weighted by Crippen LogP contribution is 2.48. The minimum atomic E-state index is -0.362. The van der Waals surface area contributed by atoms with E-state index in [0.717, 1.165) is 60.7 Å². The van der Waals surface area contributed by atoms with Gasteiger partial charge in [0.2, 0.25) is 0 Å². The molecule has 0 amide bonds. The summed E-state index contributed by atoms with van der Waals surface area (Å²) < 4.78 is 137. The van der Waals surface area contributed by atoms with Crippen molar-refractivity contribution in [2.45, 2.75) is 0 Å². The van der Waals surface area contributed by atoms with Gasteiger partial charge in [-0.3, -0.25) is 0 Å². The first kappa shape index (κ1) is 38.4. The van der Waals surface area contributed by atoms with Gasteiger partial charge in [-0.15, -0.1) is 0 Å². The Bertz CT molecular complexity index is 5630. The molecule has 1 aliphatic carbocycles. The fourth-order valence-electron chi connectivity index (χ4n) is 10.9. The second kappa shape index (κ2) is 24.7. The lowest BCUT2D eigenvalue weighted by Gasteiger charge is -2.14. The summed E-state index contributed by atoms with van der Waals surface area (Å²) in [7, 11) is 0. The summed E-state index contributed by atoms with van der Waals surface area (Å²) >= 11 is 0. The fourth-order valence-corrected chi connectivity index (χ4v) is 10.9. The molecule has 0 spiro atoms. The molecule has 412 valence electrons. The lowest BCUT2D eigenvalue weighted by molar-refractivity contribution is 1.53. The molecule has 0 bridgehead atoms. The molecule has 3 nitrogen and oxygen atoms in total. The molecule has 0 fully saturated rings. The molecule has 0 saturated heterocycles. The van der Waals surface area contributed by atoms with E-state index < -0.39 is 0 Å². The highest BCUT2D eigenvalue weighted by atomic mass is 14.9. The van der Waals surface area contributed by atoms with Crippen LogP contribution in [0.4, 0.5) is 34.1 Å². The van der Waals surface area contributed by atoms with Crippen LogP contribution in [0.2, 0.25) is 0 Å². The molecule has 0 unspecified atom stereocenters. The molecule has 3 N–H and O–H groups in total. The Hall–Kier alpha value is -11.5. The first-order valence-electron chi connectivity index (χ1n) is 36.4. The molecular weight excluding hydrogens is 1050 g/mol. The average molecular weight is 1130 g/mol. The first-order valence-corrected chi connectivity index (χ1v) is 28.4. The van der Waals surface area contributed by atoms with Crippen molar-refractivity contribution in [3.8, 4) is 77.9 Å². The van der Waals surface area contributed by atoms with Crippen LogP contribution in [0.1, 0.15) is 21.9 Å². The van der Waals surface area contributed by atoms with Crippen molar-refractivity contribution in [3.63, 3.8) is 0 Å². The molecule has 15 aromatic rings. The van der Waals surface area contributed by atoms with Gasteiger partial charge in [-0.2, -0.15) is 0 Å². The molecule has 0 atom stereocenters. The van der Waals surface area contributed by atoms with Crippen molar-refractivity contribution >= 4 is 66.4 Å². The molecule has 16 rings (SSSR count). The van der Waals surface area contributed by atoms with Crippen molar-refractivity contribution in [3.05, 3.63) is 351 Å². The molecule has 15 aromatic carbocycles. The number of benzene rings is 15. The summed E-state index contributed by atoms with van der Waals surface area (Å²) in [4.78, 5) is 0.